The van der Waals surface area contributed by atoms with E-state index in [-0.39, 0.29) is 30.3 Å². The second-order valence-corrected chi connectivity index (χ2v) is 6.38. The van der Waals surface area contributed by atoms with Crippen molar-refractivity contribution in [1.29, 1.82) is 0 Å². The van der Waals surface area contributed by atoms with E-state index >= 15 is 0 Å². The Morgan fingerprint density at radius 3 is 2.73 bits per heavy atom. The molecule has 118 valence electrons. The third-order valence-corrected chi connectivity index (χ3v) is 5.02. The fraction of sp³-hybridized carbons (Fsp3) is 0.556. The smallest absolute Gasteiger partial charge is 0.310 e. The number of hydrogen-bond acceptors (Lipinski definition) is 3. The molecule has 4 heteroatoms. The number of rotatable bonds is 3. The maximum atomic E-state index is 12.2. The number of carbonyl (C=O) groups is 2. The summed E-state index contributed by atoms with van der Waals surface area (Å²) in [6.07, 6.45) is 5.08. The van der Waals surface area contributed by atoms with Gasteiger partial charge in [-0.2, -0.15) is 0 Å². The van der Waals surface area contributed by atoms with Crippen molar-refractivity contribution in [3.8, 4) is 0 Å². The summed E-state index contributed by atoms with van der Waals surface area (Å²) >= 11 is 0. The molecule has 0 spiro atoms. The first-order valence-corrected chi connectivity index (χ1v) is 8.09. The summed E-state index contributed by atoms with van der Waals surface area (Å²) in [5, 5.41) is 0. The summed E-state index contributed by atoms with van der Waals surface area (Å²) in [4.78, 5) is 25.7. The van der Waals surface area contributed by atoms with Crippen LogP contribution in [0, 0.1) is 5.92 Å². The van der Waals surface area contributed by atoms with Gasteiger partial charge in [0.05, 0.1) is 19.1 Å². The minimum Gasteiger partial charge on any atom is -0.469 e. The Bertz CT molecular complexity index is 596. The van der Waals surface area contributed by atoms with E-state index in [1.807, 2.05) is 11.8 Å². The molecule has 1 heterocycles. The van der Waals surface area contributed by atoms with E-state index in [4.69, 9.17) is 4.74 Å². The van der Waals surface area contributed by atoms with Crippen LogP contribution in [0.25, 0.3) is 0 Å². The molecule has 22 heavy (non-hydrogen) atoms. The highest BCUT2D eigenvalue weighted by molar-refractivity contribution is 5.87. The summed E-state index contributed by atoms with van der Waals surface area (Å²) in [7, 11) is 1.38. The quantitative estimate of drug-likeness (QED) is 0.806. The van der Waals surface area contributed by atoms with Gasteiger partial charge in [-0.3, -0.25) is 9.59 Å². The van der Waals surface area contributed by atoms with Crippen molar-refractivity contribution >= 4 is 11.9 Å². The summed E-state index contributed by atoms with van der Waals surface area (Å²) < 4.78 is 4.77. The van der Waals surface area contributed by atoms with E-state index in [0.29, 0.717) is 6.54 Å². The SMILES string of the molecule is COC(=O)C1CC(=O)N(C(C)c2ccc3c(c2)CCCC3)C1. The number of ether oxygens (including phenoxy) is 1. The zero-order chi connectivity index (χ0) is 15.7. The normalized spacial score (nSPS) is 22.4. The minimum atomic E-state index is -0.322. The van der Waals surface area contributed by atoms with Gasteiger partial charge in [0.1, 0.15) is 0 Å². The number of fused-ring (bicyclic) bond motifs is 1. The first-order valence-electron chi connectivity index (χ1n) is 8.09. The molecule has 2 aliphatic rings. The minimum absolute atomic E-state index is 0.00869. The number of amides is 1. The van der Waals surface area contributed by atoms with Crippen molar-refractivity contribution in [2.75, 3.05) is 13.7 Å². The van der Waals surface area contributed by atoms with Gasteiger partial charge in [-0.25, -0.2) is 0 Å². The highest BCUT2D eigenvalue weighted by atomic mass is 16.5. The number of aryl methyl sites for hydroxylation is 2. The number of esters is 1. The van der Waals surface area contributed by atoms with E-state index in [1.54, 1.807) is 0 Å². The molecule has 1 aliphatic carbocycles. The van der Waals surface area contributed by atoms with Crippen LogP contribution in [0.1, 0.15) is 48.9 Å². The van der Waals surface area contributed by atoms with Crippen LogP contribution in [0.3, 0.4) is 0 Å². The molecule has 0 N–H and O–H groups in total. The molecule has 0 aromatic heterocycles. The lowest BCUT2D eigenvalue weighted by Gasteiger charge is -2.26. The topological polar surface area (TPSA) is 46.6 Å². The molecule has 0 saturated carbocycles. The monoisotopic (exact) mass is 301 g/mol. The van der Waals surface area contributed by atoms with Gasteiger partial charge in [0.25, 0.3) is 0 Å². The van der Waals surface area contributed by atoms with Crippen molar-refractivity contribution in [2.24, 2.45) is 5.92 Å². The Morgan fingerprint density at radius 2 is 2.00 bits per heavy atom. The van der Waals surface area contributed by atoms with Crippen LogP contribution in [0.4, 0.5) is 0 Å². The molecule has 2 atom stereocenters. The van der Waals surface area contributed by atoms with Crippen molar-refractivity contribution in [3.05, 3.63) is 34.9 Å². The Hall–Kier alpha value is -1.84. The number of methoxy groups -OCH3 is 1. The molecule has 0 radical (unpaired) electrons. The average molecular weight is 301 g/mol. The van der Waals surface area contributed by atoms with E-state index < -0.39 is 0 Å². The van der Waals surface area contributed by atoms with Crippen molar-refractivity contribution in [3.63, 3.8) is 0 Å². The standard InChI is InChI=1S/C18H23NO3/c1-12(19-11-16(10-17(19)20)18(21)22-2)14-8-7-13-5-3-4-6-15(13)9-14/h7-9,12,16H,3-6,10-11H2,1-2H3. The second kappa shape index (κ2) is 6.11. The molecule has 1 fully saturated rings. The maximum Gasteiger partial charge on any atom is 0.310 e. The number of benzene rings is 1. The lowest BCUT2D eigenvalue weighted by molar-refractivity contribution is -0.145. The molecule has 3 rings (SSSR count). The molecule has 1 aromatic rings. The Kier molecular flexibility index (Phi) is 4.19. The summed E-state index contributed by atoms with van der Waals surface area (Å²) in [5.41, 5.74) is 4.04. The predicted octanol–water partition coefficient (Wildman–Crippen LogP) is 2.65. The van der Waals surface area contributed by atoms with Crippen molar-refractivity contribution < 1.29 is 14.3 Å². The fourth-order valence-electron chi connectivity index (χ4n) is 3.62. The van der Waals surface area contributed by atoms with Gasteiger partial charge in [-0.15, -0.1) is 0 Å². The molecule has 0 bridgehead atoms. The van der Waals surface area contributed by atoms with Gasteiger partial charge in [0, 0.05) is 13.0 Å². The van der Waals surface area contributed by atoms with Gasteiger partial charge in [0.15, 0.2) is 0 Å². The Morgan fingerprint density at radius 1 is 1.27 bits per heavy atom. The highest BCUT2D eigenvalue weighted by Crippen LogP contribution is 2.31. The number of likely N-dealkylation sites (tertiary alicyclic amines) is 1. The number of hydrogen-bond donors (Lipinski definition) is 0. The van der Waals surface area contributed by atoms with E-state index in [9.17, 15) is 9.59 Å². The van der Waals surface area contributed by atoms with Crippen molar-refractivity contribution in [2.45, 2.75) is 45.1 Å². The lowest BCUT2D eigenvalue weighted by Crippen LogP contribution is -2.29. The summed E-state index contributed by atoms with van der Waals surface area (Å²) in [6.45, 7) is 2.51. The average Bonchev–Trinajstić information content (AvgIpc) is 2.94. The molecular weight excluding hydrogens is 278 g/mol. The van der Waals surface area contributed by atoms with Gasteiger partial charge < -0.3 is 9.64 Å². The largest absolute Gasteiger partial charge is 0.469 e. The van der Waals surface area contributed by atoms with E-state index in [2.05, 4.69) is 18.2 Å². The molecule has 2 unspecified atom stereocenters. The summed E-state index contributed by atoms with van der Waals surface area (Å²) in [5.74, 6) is -0.563. The number of carbonyl (C=O) groups excluding carboxylic acids is 2. The predicted molar refractivity (Wildman–Crippen MR) is 83.3 cm³/mol. The van der Waals surface area contributed by atoms with Crippen LogP contribution in [0.2, 0.25) is 0 Å². The highest BCUT2D eigenvalue weighted by Gasteiger charge is 2.37. The van der Waals surface area contributed by atoms with Gasteiger partial charge in [-0.05, 0) is 49.3 Å². The number of nitrogens with zero attached hydrogens (tertiary/aromatic N) is 1. The van der Waals surface area contributed by atoms with Crippen LogP contribution in [0.15, 0.2) is 18.2 Å². The van der Waals surface area contributed by atoms with Crippen LogP contribution in [-0.4, -0.2) is 30.4 Å². The summed E-state index contributed by atoms with van der Waals surface area (Å²) in [6, 6.07) is 6.60. The molecular formula is C18H23NO3. The molecule has 1 aromatic carbocycles. The Balaban J connectivity index is 1.77. The van der Waals surface area contributed by atoms with Gasteiger partial charge in [-0.1, -0.05) is 18.2 Å². The third kappa shape index (κ3) is 2.74. The molecule has 1 saturated heterocycles. The van der Waals surface area contributed by atoms with Crippen LogP contribution in [-0.2, 0) is 27.2 Å². The van der Waals surface area contributed by atoms with Crippen LogP contribution >= 0.6 is 0 Å². The first-order chi connectivity index (χ1) is 10.6. The second-order valence-electron chi connectivity index (χ2n) is 6.38. The molecule has 1 aliphatic heterocycles. The maximum absolute atomic E-state index is 12.2. The Labute approximate surface area is 131 Å². The van der Waals surface area contributed by atoms with Crippen LogP contribution < -0.4 is 0 Å². The zero-order valence-electron chi connectivity index (χ0n) is 13.3. The van der Waals surface area contributed by atoms with Gasteiger partial charge >= 0.3 is 5.97 Å². The first kappa shape index (κ1) is 15.1. The fourth-order valence-corrected chi connectivity index (χ4v) is 3.62. The lowest BCUT2D eigenvalue weighted by atomic mass is 9.89. The third-order valence-electron chi connectivity index (χ3n) is 5.02. The van der Waals surface area contributed by atoms with E-state index in [1.165, 1.54) is 36.6 Å². The van der Waals surface area contributed by atoms with Crippen molar-refractivity contribution in [1.82, 2.24) is 4.90 Å². The van der Waals surface area contributed by atoms with Gasteiger partial charge in [0.2, 0.25) is 5.91 Å². The van der Waals surface area contributed by atoms with Crippen LogP contribution in [0.5, 0.6) is 0 Å². The van der Waals surface area contributed by atoms with E-state index in [0.717, 1.165) is 12.8 Å². The molecule has 4 nitrogen and oxygen atoms in total. The molecule has 1 amide bonds. The zero-order valence-corrected chi connectivity index (χ0v) is 13.3.